The van der Waals surface area contributed by atoms with Gasteiger partial charge >= 0.3 is 12.3 Å². The first-order chi connectivity index (χ1) is 12.8. The number of ether oxygens (including phenoxy) is 1. The molecule has 0 radical (unpaired) electrons. The molecule has 0 N–H and O–H groups in total. The summed E-state index contributed by atoms with van der Waals surface area (Å²) in [5, 5.41) is 0. The Morgan fingerprint density at radius 2 is 1.85 bits per heavy atom. The number of hydrogen-bond acceptors (Lipinski definition) is 3. The lowest BCUT2D eigenvalue weighted by Crippen LogP contribution is -2.32. The van der Waals surface area contributed by atoms with Gasteiger partial charge in [0.25, 0.3) is 5.91 Å². The number of imide groups is 1. The summed E-state index contributed by atoms with van der Waals surface area (Å²) in [6.07, 6.45) is -3.93. The molecule has 1 aliphatic heterocycles. The van der Waals surface area contributed by atoms with Gasteiger partial charge in [-0.2, -0.15) is 13.2 Å². The second-order valence-electron chi connectivity index (χ2n) is 5.77. The maximum atomic E-state index is 13.2. The standard InChI is InChI=1S/C19H13F4NO3/c20-14-8-6-12(15(10-14)19(21,22)23)7-9-17(25)24-16(11-27-18(24)26)13-4-2-1-3-5-13/h1-10,16H,11H2/b9-7+/t16-/m1/s1. The van der Waals surface area contributed by atoms with E-state index in [9.17, 15) is 27.2 Å². The van der Waals surface area contributed by atoms with Gasteiger partial charge in [0.05, 0.1) is 5.56 Å². The van der Waals surface area contributed by atoms with E-state index in [-0.39, 0.29) is 12.2 Å². The lowest BCUT2D eigenvalue weighted by atomic mass is 10.1. The van der Waals surface area contributed by atoms with Crippen LogP contribution in [0.4, 0.5) is 22.4 Å². The highest BCUT2D eigenvalue weighted by molar-refractivity contribution is 6.02. The number of nitrogens with zero attached hydrogens (tertiary/aromatic N) is 1. The zero-order chi connectivity index (χ0) is 19.6. The third-order valence-electron chi connectivity index (χ3n) is 4.02. The summed E-state index contributed by atoms with van der Waals surface area (Å²) in [5.74, 6) is -1.87. The lowest BCUT2D eigenvalue weighted by molar-refractivity contribution is -0.138. The molecule has 8 heteroatoms. The molecule has 2 aromatic rings. The van der Waals surface area contributed by atoms with Crippen LogP contribution in [0.15, 0.2) is 54.6 Å². The van der Waals surface area contributed by atoms with Crippen LogP contribution >= 0.6 is 0 Å². The Kier molecular flexibility index (Phi) is 4.98. The summed E-state index contributed by atoms with van der Waals surface area (Å²) in [7, 11) is 0. The van der Waals surface area contributed by atoms with E-state index in [1.54, 1.807) is 30.3 Å². The Labute approximate surface area is 151 Å². The number of carbonyl (C=O) groups is 2. The lowest BCUT2D eigenvalue weighted by Gasteiger charge is -2.18. The first-order valence-electron chi connectivity index (χ1n) is 7.87. The van der Waals surface area contributed by atoms with Crippen molar-refractivity contribution in [3.05, 3.63) is 77.1 Å². The Morgan fingerprint density at radius 3 is 2.52 bits per heavy atom. The van der Waals surface area contributed by atoms with Gasteiger partial charge in [-0.15, -0.1) is 0 Å². The quantitative estimate of drug-likeness (QED) is 0.579. The number of cyclic esters (lactones) is 1. The van der Waals surface area contributed by atoms with Crippen molar-refractivity contribution in [2.24, 2.45) is 0 Å². The van der Waals surface area contributed by atoms with Gasteiger partial charge in [0.15, 0.2) is 0 Å². The fourth-order valence-corrected chi connectivity index (χ4v) is 2.75. The van der Waals surface area contributed by atoms with Gasteiger partial charge in [0.2, 0.25) is 0 Å². The molecule has 0 bridgehead atoms. The Hall–Kier alpha value is -3.16. The normalized spacial score (nSPS) is 17.4. The van der Waals surface area contributed by atoms with Crippen LogP contribution in [0, 0.1) is 5.82 Å². The minimum Gasteiger partial charge on any atom is -0.446 e. The third kappa shape index (κ3) is 3.99. The summed E-state index contributed by atoms with van der Waals surface area (Å²) >= 11 is 0. The molecule has 140 valence electrons. The van der Waals surface area contributed by atoms with Crippen LogP contribution in [-0.2, 0) is 15.7 Å². The number of halogens is 4. The molecule has 1 atom stereocenters. The highest BCUT2D eigenvalue weighted by atomic mass is 19.4. The van der Waals surface area contributed by atoms with E-state index in [4.69, 9.17) is 4.74 Å². The van der Waals surface area contributed by atoms with E-state index < -0.39 is 35.6 Å². The molecule has 1 saturated heterocycles. The first kappa shape index (κ1) is 18.6. The van der Waals surface area contributed by atoms with E-state index in [0.29, 0.717) is 11.6 Å². The predicted octanol–water partition coefficient (Wildman–Crippen LogP) is 4.58. The van der Waals surface area contributed by atoms with Gasteiger partial charge in [-0.25, -0.2) is 14.1 Å². The SMILES string of the molecule is O=C(/C=C/c1ccc(F)cc1C(F)(F)F)N1C(=O)OC[C@@H]1c1ccccc1. The molecule has 1 fully saturated rings. The number of hydrogen-bond donors (Lipinski definition) is 0. The van der Waals surface area contributed by atoms with Crippen molar-refractivity contribution in [3.63, 3.8) is 0 Å². The van der Waals surface area contributed by atoms with E-state index >= 15 is 0 Å². The van der Waals surface area contributed by atoms with Crippen LogP contribution in [0.5, 0.6) is 0 Å². The van der Waals surface area contributed by atoms with Crippen LogP contribution in [0.3, 0.4) is 0 Å². The molecule has 0 aliphatic carbocycles. The van der Waals surface area contributed by atoms with E-state index in [1.807, 2.05) is 0 Å². The Bertz CT molecular complexity index is 894. The highest BCUT2D eigenvalue weighted by Crippen LogP contribution is 2.33. The van der Waals surface area contributed by atoms with E-state index in [0.717, 1.165) is 29.2 Å². The van der Waals surface area contributed by atoms with Crippen LogP contribution in [0.25, 0.3) is 6.08 Å². The van der Waals surface area contributed by atoms with E-state index in [2.05, 4.69) is 0 Å². The van der Waals surface area contributed by atoms with E-state index in [1.165, 1.54) is 0 Å². The zero-order valence-electron chi connectivity index (χ0n) is 13.7. The minimum atomic E-state index is -4.79. The number of carbonyl (C=O) groups excluding carboxylic acids is 2. The average Bonchev–Trinajstić information content (AvgIpc) is 3.02. The van der Waals surface area contributed by atoms with Gasteiger partial charge < -0.3 is 4.74 Å². The molecule has 2 aromatic carbocycles. The van der Waals surface area contributed by atoms with Gasteiger partial charge in [-0.05, 0) is 29.3 Å². The largest absolute Gasteiger partial charge is 0.446 e. The van der Waals surface area contributed by atoms with Crippen molar-refractivity contribution in [1.82, 2.24) is 4.90 Å². The number of benzene rings is 2. The monoisotopic (exact) mass is 379 g/mol. The maximum absolute atomic E-state index is 13.2. The van der Waals surface area contributed by atoms with Gasteiger partial charge in [-0.1, -0.05) is 36.4 Å². The van der Waals surface area contributed by atoms with Crippen molar-refractivity contribution >= 4 is 18.1 Å². The molecular weight excluding hydrogens is 366 g/mol. The summed E-state index contributed by atoms with van der Waals surface area (Å²) in [6, 6.07) is 10.1. The molecular formula is C19H13F4NO3. The smallest absolute Gasteiger partial charge is 0.417 e. The molecule has 0 saturated carbocycles. The second kappa shape index (κ2) is 7.22. The molecule has 0 aromatic heterocycles. The highest BCUT2D eigenvalue weighted by Gasteiger charge is 2.38. The zero-order valence-corrected chi connectivity index (χ0v) is 13.7. The molecule has 1 aliphatic rings. The fourth-order valence-electron chi connectivity index (χ4n) is 2.75. The number of amides is 2. The maximum Gasteiger partial charge on any atom is 0.417 e. The molecule has 1 heterocycles. The summed E-state index contributed by atoms with van der Waals surface area (Å²) < 4.78 is 57.1. The minimum absolute atomic E-state index is 0.0488. The van der Waals surface area contributed by atoms with Gasteiger partial charge in [0.1, 0.15) is 18.5 Å². The number of rotatable bonds is 3. The Morgan fingerprint density at radius 1 is 1.15 bits per heavy atom. The van der Waals surface area contributed by atoms with Crippen molar-refractivity contribution in [1.29, 1.82) is 0 Å². The van der Waals surface area contributed by atoms with Crippen LogP contribution in [0.2, 0.25) is 0 Å². The molecule has 3 rings (SSSR count). The molecule has 27 heavy (non-hydrogen) atoms. The third-order valence-corrected chi connectivity index (χ3v) is 4.02. The van der Waals surface area contributed by atoms with Crippen LogP contribution in [0.1, 0.15) is 22.7 Å². The summed E-state index contributed by atoms with van der Waals surface area (Å²) in [6.45, 7) is -0.0488. The predicted molar refractivity (Wildman–Crippen MR) is 87.8 cm³/mol. The van der Waals surface area contributed by atoms with Crippen LogP contribution in [-0.4, -0.2) is 23.5 Å². The van der Waals surface area contributed by atoms with Gasteiger partial charge in [-0.3, -0.25) is 4.79 Å². The first-order valence-corrected chi connectivity index (χ1v) is 7.87. The second-order valence-corrected chi connectivity index (χ2v) is 5.77. The summed E-state index contributed by atoms with van der Waals surface area (Å²) in [5.41, 5.74) is -0.945. The Balaban J connectivity index is 1.87. The van der Waals surface area contributed by atoms with Gasteiger partial charge in [0, 0.05) is 6.08 Å². The summed E-state index contributed by atoms with van der Waals surface area (Å²) in [4.78, 5) is 25.2. The van der Waals surface area contributed by atoms with Crippen molar-refractivity contribution in [2.45, 2.75) is 12.2 Å². The van der Waals surface area contributed by atoms with Crippen LogP contribution < -0.4 is 0 Å². The molecule has 0 unspecified atom stereocenters. The fraction of sp³-hybridized carbons (Fsp3) is 0.158. The number of alkyl halides is 3. The average molecular weight is 379 g/mol. The molecule has 4 nitrogen and oxygen atoms in total. The molecule has 2 amide bonds. The van der Waals surface area contributed by atoms with Crippen molar-refractivity contribution in [2.75, 3.05) is 6.61 Å². The van der Waals surface area contributed by atoms with Crippen molar-refractivity contribution in [3.8, 4) is 0 Å². The van der Waals surface area contributed by atoms with Crippen molar-refractivity contribution < 1.29 is 31.9 Å². The molecule has 0 spiro atoms. The topological polar surface area (TPSA) is 46.6 Å².